The highest BCUT2D eigenvalue weighted by molar-refractivity contribution is 8.00. The zero-order valence-corrected chi connectivity index (χ0v) is 19.4. The molecule has 0 saturated heterocycles. The molecule has 0 spiro atoms. The lowest BCUT2D eigenvalue weighted by atomic mass is 10.2. The number of thioether (sulfide) groups is 1. The van der Waals surface area contributed by atoms with E-state index >= 15 is 0 Å². The van der Waals surface area contributed by atoms with Gasteiger partial charge >= 0.3 is 0 Å². The number of fused-ring (bicyclic) bond motifs is 1. The van der Waals surface area contributed by atoms with Crippen molar-refractivity contribution < 1.29 is 9.47 Å². The first-order valence-electron chi connectivity index (χ1n) is 9.53. The van der Waals surface area contributed by atoms with Crippen LogP contribution in [0.1, 0.15) is 34.1 Å². The van der Waals surface area contributed by atoms with Crippen LogP contribution < -0.4 is 14.2 Å². The number of ether oxygens (including phenoxy) is 2. The largest absolute Gasteiger partial charge is 0.495 e. The molecule has 0 radical (unpaired) electrons. The number of pyridine rings is 2. The van der Waals surface area contributed by atoms with E-state index in [1.165, 1.54) is 0 Å². The third-order valence-electron chi connectivity index (χ3n) is 4.03. The van der Waals surface area contributed by atoms with Crippen molar-refractivity contribution in [3.8, 4) is 22.9 Å². The van der Waals surface area contributed by atoms with Crippen LogP contribution >= 0.6 is 23.7 Å². The van der Waals surface area contributed by atoms with Gasteiger partial charge in [0.2, 0.25) is 0 Å². The van der Waals surface area contributed by atoms with Gasteiger partial charge in [-0.3, -0.25) is 4.40 Å². The molecule has 3 rings (SSSR count). The van der Waals surface area contributed by atoms with Crippen molar-refractivity contribution in [2.24, 2.45) is 0 Å². The normalized spacial score (nSPS) is 11.7. The van der Waals surface area contributed by atoms with Crippen LogP contribution in [0.2, 0.25) is 0 Å². The quantitative estimate of drug-likeness (QED) is 0.275. The first kappa shape index (κ1) is 21.6. The van der Waals surface area contributed by atoms with Gasteiger partial charge in [-0.2, -0.15) is 0 Å². The van der Waals surface area contributed by atoms with E-state index < -0.39 is 0 Å². The minimum absolute atomic E-state index is 0.0631. The van der Waals surface area contributed by atoms with Crippen LogP contribution in [0.15, 0.2) is 35.5 Å². The second-order valence-electron chi connectivity index (χ2n) is 7.49. The van der Waals surface area contributed by atoms with Crippen molar-refractivity contribution in [3.63, 3.8) is 0 Å². The van der Waals surface area contributed by atoms with Gasteiger partial charge in [0.1, 0.15) is 11.4 Å². The maximum absolute atomic E-state index is 5.60. The van der Waals surface area contributed by atoms with E-state index in [0.29, 0.717) is 0 Å². The van der Waals surface area contributed by atoms with Crippen molar-refractivity contribution in [2.75, 3.05) is 24.7 Å². The molecular formula is C21H28N4O2S2. The number of methoxy groups -OCH3 is 2. The topological polar surface area (TPSA) is 60.7 Å². The molecule has 0 fully saturated rings. The molecule has 0 aliphatic rings. The van der Waals surface area contributed by atoms with Crippen LogP contribution in [-0.4, -0.2) is 39.1 Å². The Bertz CT molecular complexity index is 983. The van der Waals surface area contributed by atoms with E-state index in [1.54, 1.807) is 37.9 Å². The van der Waals surface area contributed by atoms with Gasteiger partial charge in [-0.05, 0) is 18.6 Å². The zero-order valence-electron chi connectivity index (χ0n) is 17.8. The molecule has 1 N–H and O–H groups in total. The highest BCUT2D eigenvalue weighted by Gasteiger charge is 2.19. The molecule has 3 aromatic heterocycles. The van der Waals surface area contributed by atoms with Crippen molar-refractivity contribution in [2.45, 2.75) is 43.8 Å². The van der Waals surface area contributed by atoms with Gasteiger partial charge in [0, 0.05) is 22.8 Å². The lowest BCUT2D eigenvalue weighted by molar-refractivity contribution is 0.404. The molecule has 0 bridgehead atoms. The highest BCUT2D eigenvalue weighted by Crippen LogP contribution is 2.39. The lowest BCUT2D eigenvalue weighted by Crippen LogP contribution is -2.08. The summed E-state index contributed by atoms with van der Waals surface area (Å²) in [6.07, 6.45) is 5.01. The molecule has 3 heterocycles. The predicted octanol–water partition coefficient (Wildman–Crippen LogP) is 5.77. The third-order valence-corrected chi connectivity index (χ3v) is 6.12. The molecule has 3 aromatic rings. The van der Waals surface area contributed by atoms with Gasteiger partial charge < -0.3 is 14.2 Å². The highest BCUT2D eigenvalue weighted by atomic mass is 32.2. The van der Waals surface area contributed by atoms with E-state index in [-0.39, 0.29) is 4.75 Å². The van der Waals surface area contributed by atoms with Crippen molar-refractivity contribution >= 4 is 35.2 Å². The Labute approximate surface area is 180 Å². The maximum atomic E-state index is 5.60. The lowest BCUT2D eigenvalue weighted by Gasteiger charge is -2.19. The Morgan fingerprint density at radius 2 is 1.90 bits per heavy atom. The van der Waals surface area contributed by atoms with Gasteiger partial charge in [-0.25, -0.2) is 9.97 Å². The molecule has 156 valence electrons. The minimum atomic E-state index is 0.0631. The van der Waals surface area contributed by atoms with E-state index in [2.05, 4.69) is 48.0 Å². The summed E-state index contributed by atoms with van der Waals surface area (Å²) in [5.41, 5.74) is 2.57. The molecule has 0 aromatic carbocycles. The monoisotopic (exact) mass is 432 g/mol. The van der Waals surface area contributed by atoms with E-state index in [4.69, 9.17) is 14.5 Å². The summed E-state index contributed by atoms with van der Waals surface area (Å²) >= 11 is 3.39. The van der Waals surface area contributed by atoms with E-state index in [0.717, 1.165) is 51.4 Å². The number of nitrogens with one attached hydrogen (secondary N) is 1. The SMILES string of the molecule is CCCSNc1nc(-c2cnc3cc(OC)c(SC(C)(C)C)cn23)ccc1OC. The fraction of sp³-hybridized carbons (Fsp3) is 0.429. The summed E-state index contributed by atoms with van der Waals surface area (Å²) < 4.78 is 16.5. The summed E-state index contributed by atoms with van der Waals surface area (Å²) in [6, 6.07) is 5.86. The Morgan fingerprint density at radius 1 is 1.14 bits per heavy atom. The van der Waals surface area contributed by atoms with Crippen LogP contribution in [0.4, 0.5) is 5.82 Å². The number of imidazole rings is 1. The number of hydrogen-bond acceptors (Lipinski definition) is 7. The summed E-state index contributed by atoms with van der Waals surface area (Å²) in [4.78, 5) is 10.4. The number of anilines is 1. The smallest absolute Gasteiger partial charge is 0.179 e. The predicted molar refractivity (Wildman–Crippen MR) is 124 cm³/mol. The molecule has 29 heavy (non-hydrogen) atoms. The number of rotatable bonds is 8. The Morgan fingerprint density at radius 3 is 2.55 bits per heavy atom. The number of nitrogens with zero attached hydrogens (tertiary/aromatic N) is 3. The van der Waals surface area contributed by atoms with Crippen LogP contribution in [-0.2, 0) is 0 Å². The van der Waals surface area contributed by atoms with Gasteiger partial charge in [-0.15, -0.1) is 11.8 Å². The molecule has 0 aliphatic carbocycles. The summed E-state index contributed by atoms with van der Waals surface area (Å²) in [6.45, 7) is 8.71. The van der Waals surface area contributed by atoms with Crippen LogP contribution in [0, 0.1) is 0 Å². The zero-order chi connectivity index (χ0) is 21.0. The Balaban J connectivity index is 2.05. The van der Waals surface area contributed by atoms with Crippen LogP contribution in [0.25, 0.3) is 17.0 Å². The van der Waals surface area contributed by atoms with E-state index in [1.807, 2.05) is 24.4 Å². The molecule has 0 aliphatic heterocycles. The molecule has 8 heteroatoms. The third kappa shape index (κ3) is 5.11. The first-order chi connectivity index (χ1) is 13.9. The first-order valence-corrected chi connectivity index (χ1v) is 11.3. The molecule has 6 nitrogen and oxygen atoms in total. The van der Waals surface area contributed by atoms with E-state index in [9.17, 15) is 0 Å². The summed E-state index contributed by atoms with van der Waals surface area (Å²) in [5.74, 6) is 3.27. The minimum Gasteiger partial charge on any atom is -0.495 e. The van der Waals surface area contributed by atoms with Gasteiger partial charge in [0.05, 0.1) is 36.7 Å². The summed E-state index contributed by atoms with van der Waals surface area (Å²) in [7, 11) is 3.35. The van der Waals surface area contributed by atoms with Crippen molar-refractivity contribution in [3.05, 3.63) is 30.6 Å². The van der Waals surface area contributed by atoms with Gasteiger partial charge in [-0.1, -0.05) is 39.6 Å². The summed E-state index contributed by atoms with van der Waals surface area (Å²) in [5, 5.41) is 0. The standard InChI is InChI=1S/C21H28N4O2S2/c1-7-10-28-24-20-16(26-5)9-8-14(23-20)15-12-22-19-11-17(27-6)18(13-25(15)19)29-21(2,3)4/h8-9,11-13H,7,10H2,1-6H3,(H,23,24). The number of hydrogen-bond donors (Lipinski definition) is 1. The van der Waals surface area contributed by atoms with Crippen molar-refractivity contribution in [1.29, 1.82) is 0 Å². The molecule has 0 amide bonds. The van der Waals surface area contributed by atoms with Crippen LogP contribution in [0.5, 0.6) is 11.5 Å². The Kier molecular flexibility index (Phi) is 6.85. The van der Waals surface area contributed by atoms with Crippen molar-refractivity contribution in [1.82, 2.24) is 14.4 Å². The Hall–Kier alpha value is -2.06. The second-order valence-corrected chi connectivity index (χ2v) is 10.3. The average Bonchev–Trinajstić information content (AvgIpc) is 3.09. The maximum Gasteiger partial charge on any atom is 0.179 e. The fourth-order valence-electron chi connectivity index (χ4n) is 2.79. The molecule has 0 unspecified atom stereocenters. The fourth-order valence-corrected chi connectivity index (χ4v) is 4.44. The average molecular weight is 433 g/mol. The number of aromatic nitrogens is 3. The molecular weight excluding hydrogens is 404 g/mol. The van der Waals surface area contributed by atoms with Gasteiger partial charge in [0.15, 0.2) is 11.6 Å². The molecule has 0 atom stereocenters. The second kappa shape index (κ2) is 9.17. The van der Waals surface area contributed by atoms with Crippen LogP contribution in [0.3, 0.4) is 0 Å². The van der Waals surface area contributed by atoms with Gasteiger partial charge in [0.25, 0.3) is 0 Å². The molecule has 0 saturated carbocycles.